The number of piperazine rings is 1. The lowest BCUT2D eigenvalue weighted by atomic mass is 10.2. The first kappa shape index (κ1) is 16.0. The van der Waals surface area contributed by atoms with Crippen LogP contribution in [0.3, 0.4) is 0 Å². The Morgan fingerprint density at radius 3 is 2.65 bits per heavy atom. The van der Waals surface area contributed by atoms with Gasteiger partial charge in [-0.15, -0.1) is 0 Å². The average molecular weight is 339 g/mol. The first-order valence-corrected chi connectivity index (χ1v) is 9.51. The lowest BCUT2D eigenvalue weighted by Crippen LogP contribution is -2.46. The van der Waals surface area contributed by atoms with E-state index >= 15 is 0 Å². The molecule has 0 aliphatic carbocycles. The van der Waals surface area contributed by atoms with Gasteiger partial charge in [-0.25, -0.2) is 13.4 Å². The minimum atomic E-state index is -2.93. The van der Waals surface area contributed by atoms with E-state index in [1.807, 2.05) is 18.0 Å². The van der Waals surface area contributed by atoms with Crippen LogP contribution in [0, 0.1) is 0 Å². The molecule has 3 rings (SSSR count). The molecule has 2 aliphatic heterocycles. The molecule has 23 heavy (non-hydrogen) atoms. The maximum absolute atomic E-state index is 11.6. The highest BCUT2D eigenvalue weighted by atomic mass is 32.2. The first-order valence-electron chi connectivity index (χ1n) is 7.69. The van der Waals surface area contributed by atoms with Crippen LogP contribution >= 0.6 is 0 Å². The number of aromatic nitrogens is 2. The van der Waals surface area contributed by atoms with E-state index in [1.165, 1.54) is 0 Å². The lowest BCUT2D eigenvalue weighted by molar-refractivity contribution is -0.118. The number of rotatable bonds is 4. The maximum Gasteiger partial charge on any atom is 0.227 e. The normalized spacial score (nSPS) is 23.8. The Kier molecular flexibility index (Phi) is 4.38. The lowest BCUT2D eigenvalue weighted by Gasteiger charge is -2.33. The molecule has 8 nitrogen and oxygen atoms in total. The molecule has 2 saturated heterocycles. The molecule has 2 fully saturated rings. The number of sulfone groups is 1. The highest BCUT2D eigenvalue weighted by molar-refractivity contribution is 7.91. The van der Waals surface area contributed by atoms with Crippen LogP contribution < -0.4 is 9.80 Å². The Morgan fingerprint density at radius 1 is 1.30 bits per heavy atom. The zero-order valence-corrected chi connectivity index (χ0v) is 13.9. The molecule has 3 heterocycles. The van der Waals surface area contributed by atoms with Gasteiger partial charge in [0.15, 0.2) is 9.84 Å². The fraction of sp³-hybridized carbons (Fsp3) is 0.643. The number of carbonyl (C=O) groups is 1. The summed E-state index contributed by atoms with van der Waals surface area (Å²) in [7, 11) is -1.09. The predicted molar refractivity (Wildman–Crippen MR) is 87.3 cm³/mol. The third-order valence-electron chi connectivity index (χ3n) is 4.49. The van der Waals surface area contributed by atoms with Gasteiger partial charge in [-0.3, -0.25) is 4.79 Å². The van der Waals surface area contributed by atoms with E-state index < -0.39 is 9.84 Å². The van der Waals surface area contributed by atoms with Crippen LogP contribution in [-0.4, -0.2) is 80.5 Å². The minimum Gasteiger partial charge on any atom is -0.353 e. The summed E-state index contributed by atoms with van der Waals surface area (Å²) >= 11 is 0. The summed E-state index contributed by atoms with van der Waals surface area (Å²) in [6.45, 7) is 2.83. The van der Waals surface area contributed by atoms with Gasteiger partial charge >= 0.3 is 0 Å². The summed E-state index contributed by atoms with van der Waals surface area (Å²) in [5.41, 5.74) is 0. The fourth-order valence-electron chi connectivity index (χ4n) is 2.99. The molecule has 1 unspecified atom stereocenters. The SMILES string of the molecule is CN(c1nccc(N2CCN(C=O)CC2)n1)C1CCS(=O)(=O)C1. The van der Waals surface area contributed by atoms with Crippen LogP contribution in [0.2, 0.25) is 0 Å². The average Bonchev–Trinajstić information content (AvgIpc) is 2.94. The number of anilines is 2. The second-order valence-electron chi connectivity index (χ2n) is 6.01. The molecule has 1 amide bonds. The fourth-order valence-corrected chi connectivity index (χ4v) is 4.76. The monoisotopic (exact) mass is 339 g/mol. The van der Waals surface area contributed by atoms with Crippen LogP contribution in [0.25, 0.3) is 0 Å². The Bertz CT molecular complexity index is 673. The van der Waals surface area contributed by atoms with Gasteiger partial charge in [-0.1, -0.05) is 0 Å². The molecule has 1 atom stereocenters. The molecular weight excluding hydrogens is 318 g/mol. The maximum atomic E-state index is 11.6. The second kappa shape index (κ2) is 6.31. The summed E-state index contributed by atoms with van der Waals surface area (Å²) in [5, 5.41) is 0. The Labute approximate surface area is 136 Å². The highest BCUT2D eigenvalue weighted by Crippen LogP contribution is 2.22. The van der Waals surface area contributed by atoms with E-state index in [0.29, 0.717) is 25.5 Å². The van der Waals surface area contributed by atoms with Crippen LogP contribution in [-0.2, 0) is 14.6 Å². The summed E-state index contributed by atoms with van der Waals surface area (Å²) in [6.07, 6.45) is 3.19. The molecular formula is C14H21N5O3S. The van der Waals surface area contributed by atoms with E-state index in [0.717, 1.165) is 25.3 Å². The highest BCUT2D eigenvalue weighted by Gasteiger charge is 2.32. The van der Waals surface area contributed by atoms with Gasteiger partial charge in [0.25, 0.3) is 0 Å². The van der Waals surface area contributed by atoms with Gasteiger partial charge in [-0.05, 0) is 12.5 Å². The van der Waals surface area contributed by atoms with Crippen LogP contribution in [0.15, 0.2) is 12.3 Å². The van der Waals surface area contributed by atoms with Gasteiger partial charge in [-0.2, -0.15) is 4.98 Å². The largest absolute Gasteiger partial charge is 0.353 e. The van der Waals surface area contributed by atoms with Crippen molar-refractivity contribution < 1.29 is 13.2 Å². The summed E-state index contributed by atoms with van der Waals surface area (Å²) in [4.78, 5) is 25.4. The van der Waals surface area contributed by atoms with E-state index in [-0.39, 0.29) is 17.5 Å². The minimum absolute atomic E-state index is 0.0674. The topological polar surface area (TPSA) is 86.7 Å². The molecule has 0 aromatic carbocycles. The Morgan fingerprint density at radius 2 is 2.04 bits per heavy atom. The quantitative estimate of drug-likeness (QED) is 0.676. The molecule has 2 aliphatic rings. The smallest absolute Gasteiger partial charge is 0.227 e. The first-order chi connectivity index (χ1) is 11.0. The zero-order valence-electron chi connectivity index (χ0n) is 13.1. The van der Waals surface area contributed by atoms with Crippen LogP contribution in [0.5, 0.6) is 0 Å². The van der Waals surface area contributed by atoms with E-state index in [4.69, 9.17) is 0 Å². The van der Waals surface area contributed by atoms with Crippen molar-refractivity contribution in [3.8, 4) is 0 Å². The molecule has 0 N–H and O–H groups in total. The molecule has 9 heteroatoms. The van der Waals surface area contributed by atoms with E-state index in [1.54, 1.807) is 11.1 Å². The Hall–Kier alpha value is -1.90. The molecule has 0 saturated carbocycles. The number of nitrogens with zero attached hydrogens (tertiary/aromatic N) is 5. The van der Waals surface area contributed by atoms with Gasteiger partial charge in [0.05, 0.1) is 11.5 Å². The summed E-state index contributed by atoms with van der Waals surface area (Å²) < 4.78 is 23.3. The third kappa shape index (κ3) is 3.54. The third-order valence-corrected chi connectivity index (χ3v) is 6.24. The van der Waals surface area contributed by atoms with Crippen molar-refractivity contribution in [2.75, 3.05) is 54.5 Å². The summed E-state index contributed by atoms with van der Waals surface area (Å²) in [5.74, 6) is 1.75. The molecule has 1 aromatic rings. The summed E-state index contributed by atoms with van der Waals surface area (Å²) in [6, 6.07) is 1.78. The number of hydrogen-bond acceptors (Lipinski definition) is 7. The molecule has 126 valence electrons. The number of hydrogen-bond donors (Lipinski definition) is 0. The van der Waals surface area contributed by atoms with Crippen molar-refractivity contribution >= 4 is 28.0 Å². The van der Waals surface area contributed by atoms with Crippen LogP contribution in [0.1, 0.15) is 6.42 Å². The van der Waals surface area contributed by atoms with Crippen molar-refractivity contribution in [2.24, 2.45) is 0 Å². The van der Waals surface area contributed by atoms with Crippen molar-refractivity contribution in [1.29, 1.82) is 0 Å². The molecule has 1 aromatic heterocycles. The molecule has 0 bridgehead atoms. The van der Waals surface area contributed by atoms with Crippen molar-refractivity contribution in [1.82, 2.24) is 14.9 Å². The van der Waals surface area contributed by atoms with E-state index in [9.17, 15) is 13.2 Å². The number of carbonyl (C=O) groups excluding carboxylic acids is 1. The molecule has 0 spiro atoms. The van der Waals surface area contributed by atoms with Crippen molar-refractivity contribution in [2.45, 2.75) is 12.5 Å². The standard InChI is InChI=1S/C14H21N5O3S/c1-17(12-3-9-23(21,22)10-12)14-15-4-2-13(16-14)19-7-5-18(11-20)6-8-19/h2,4,11-12H,3,5-10H2,1H3. The second-order valence-corrected chi connectivity index (χ2v) is 8.24. The van der Waals surface area contributed by atoms with Gasteiger partial charge in [0.1, 0.15) is 5.82 Å². The van der Waals surface area contributed by atoms with Crippen molar-refractivity contribution in [3.05, 3.63) is 12.3 Å². The van der Waals surface area contributed by atoms with Gasteiger partial charge < -0.3 is 14.7 Å². The molecule has 0 radical (unpaired) electrons. The predicted octanol–water partition coefficient (Wildman–Crippen LogP) is -0.622. The van der Waals surface area contributed by atoms with E-state index in [2.05, 4.69) is 14.9 Å². The Balaban J connectivity index is 1.71. The van der Waals surface area contributed by atoms with Crippen molar-refractivity contribution in [3.63, 3.8) is 0 Å². The van der Waals surface area contributed by atoms with Crippen LogP contribution in [0.4, 0.5) is 11.8 Å². The van der Waals surface area contributed by atoms with Gasteiger partial charge in [0.2, 0.25) is 12.4 Å². The zero-order chi connectivity index (χ0) is 16.4. The number of amides is 1. The van der Waals surface area contributed by atoms with Gasteiger partial charge in [0, 0.05) is 45.5 Å².